The molecular weight excluding hydrogens is 308 g/mol. The molecule has 0 aliphatic carbocycles. The Morgan fingerprint density at radius 3 is 2.32 bits per heavy atom. The molecular formula is C16H15F2NO2S. The Morgan fingerprint density at radius 1 is 1.09 bits per heavy atom. The van der Waals surface area contributed by atoms with Gasteiger partial charge in [0.05, 0.1) is 0 Å². The molecule has 6 heteroatoms. The van der Waals surface area contributed by atoms with Gasteiger partial charge in [-0.2, -0.15) is 8.78 Å². The van der Waals surface area contributed by atoms with Gasteiger partial charge in [-0.3, -0.25) is 4.79 Å². The van der Waals surface area contributed by atoms with E-state index in [1.54, 1.807) is 31.2 Å². The lowest BCUT2D eigenvalue weighted by Gasteiger charge is -2.14. The van der Waals surface area contributed by atoms with Crippen molar-refractivity contribution >= 4 is 23.4 Å². The highest BCUT2D eigenvalue weighted by Gasteiger charge is 2.15. The minimum atomic E-state index is -2.46. The molecule has 0 spiro atoms. The molecule has 2 rings (SSSR count). The Labute approximate surface area is 131 Å². The van der Waals surface area contributed by atoms with Gasteiger partial charge in [-0.05, 0) is 43.3 Å². The van der Waals surface area contributed by atoms with E-state index in [2.05, 4.69) is 5.32 Å². The SMILES string of the molecule is CC(Oc1ccccc1)C(=O)Nc1ccc(SC(F)F)cc1. The summed E-state index contributed by atoms with van der Waals surface area (Å²) in [5, 5.41) is 2.68. The van der Waals surface area contributed by atoms with Crippen LogP contribution in [0.25, 0.3) is 0 Å². The summed E-state index contributed by atoms with van der Waals surface area (Å²) >= 11 is 0.463. The third kappa shape index (κ3) is 5.04. The van der Waals surface area contributed by atoms with Crippen LogP contribution in [0.5, 0.6) is 5.75 Å². The van der Waals surface area contributed by atoms with E-state index in [4.69, 9.17) is 4.74 Å². The normalized spacial score (nSPS) is 12.0. The third-order valence-corrected chi connectivity index (χ3v) is 3.49. The predicted octanol–water partition coefficient (Wildman–Crippen LogP) is 4.41. The fourth-order valence-electron chi connectivity index (χ4n) is 1.72. The first-order chi connectivity index (χ1) is 10.5. The minimum absolute atomic E-state index is 0.307. The van der Waals surface area contributed by atoms with Gasteiger partial charge in [0, 0.05) is 10.6 Å². The van der Waals surface area contributed by atoms with E-state index in [1.165, 1.54) is 12.1 Å². The van der Waals surface area contributed by atoms with Crippen LogP contribution in [0.2, 0.25) is 0 Å². The molecule has 0 radical (unpaired) electrons. The zero-order valence-corrected chi connectivity index (χ0v) is 12.6. The summed E-state index contributed by atoms with van der Waals surface area (Å²) in [6.45, 7) is 1.64. The van der Waals surface area contributed by atoms with Crippen molar-refractivity contribution in [2.45, 2.75) is 23.7 Å². The molecule has 0 aliphatic heterocycles. The van der Waals surface area contributed by atoms with E-state index in [9.17, 15) is 13.6 Å². The van der Waals surface area contributed by atoms with Crippen LogP contribution >= 0.6 is 11.8 Å². The first kappa shape index (κ1) is 16.3. The summed E-state index contributed by atoms with van der Waals surface area (Å²) in [7, 11) is 0. The van der Waals surface area contributed by atoms with Crippen LogP contribution in [0.4, 0.5) is 14.5 Å². The number of carbonyl (C=O) groups is 1. The maximum Gasteiger partial charge on any atom is 0.288 e. The van der Waals surface area contributed by atoms with Gasteiger partial charge in [0.25, 0.3) is 11.7 Å². The second-order valence-corrected chi connectivity index (χ2v) is 5.53. The predicted molar refractivity (Wildman–Crippen MR) is 83.5 cm³/mol. The average Bonchev–Trinajstić information content (AvgIpc) is 2.49. The minimum Gasteiger partial charge on any atom is -0.481 e. The number of nitrogens with one attached hydrogen (secondary N) is 1. The lowest BCUT2D eigenvalue weighted by Crippen LogP contribution is -2.30. The number of ether oxygens (including phenoxy) is 1. The van der Waals surface area contributed by atoms with Crippen LogP contribution in [-0.2, 0) is 4.79 Å². The summed E-state index contributed by atoms with van der Waals surface area (Å²) in [4.78, 5) is 12.5. The Hall–Kier alpha value is -2.08. The van der Waals surface area contributed by atoms with E-state index >= 15 is 0 Å². The number of hydrogen-bond acceptors (Lipinski definition) is 3. The summed E-state index contributed by atoms with van der Waals surface area (Å²) in [6.07, 6.45) is -0.669. The summed E-state index contributed by atoms with van der Waals surface area (Å²) in [6, 6.07) is 15.3. The number of thioether (sulfide) groups is 1. The Kier molecular flexibility index (Phi) is 5.77. The van der Waals surface area contributed by atoms with Crippen molar-refractivity contribution in [3.8, 4) is 5.75 Å². The van der Waals surface area contributed by atoms with Gasteiger partial charge in [-0.15, -0.1) is 0 Å². The molecule has 2 aromatic carbocycles. The fourth-order valence-corrected chi connectivity index (χ4v) is 2.22. The molecule has 1 unspecified atom stereocenters. The number of para-hydroxylation sites is 1. The zero-order chi connectivity index (χ0) is 15.9. The number of halogens is 2. The molecule has 0 heterocycles. The molecule has 3 nitrogen and oxygen atoms in total. The number of carbonyl (C=O) groups excluding carboxylic acids is 1. The number of rotatable bonds is 6. The highest BCUT2D eigenvalue weighted by molar-refractivity contribution is 7.99. The lowest BCUT2D eigenvalue weighted by atomic mass is 10.3. The Morgan fingerprint density at radius 2 is 1.73 bits per heavy atom. The second kappa shape index (κ2) is 7.79. The summed E-state index contributed by atoms with van der Waals surface area (Å²) in [5.74, 6) is -2.16. The van der Waals surface area contributed by atoms with Crippen molar-refractivity contribution in [3.63, 3.8) is 0 Å². The zero-order valence-electron chi connectivity index (χ0n) is 11.8. The van der Waals surface area contributed by atoms with Crippen LogP contribution in [-0.4, -0.2) is 17.8 Å². The van der Waals surface area contributed by atoms with Crippen LogP contribution in [0.3, 0.4) is 0 Å². The van der Waals surface area contributed by atoms with E-state index in [0.717, 1.165) is 0 Å². The summed E-state index contributed by atoms with van der Waals surface area (Å²) < 4.78 is 30.0. The number of anilines is 1. The monoisotopic (exact) mass is 323 g/mol. The smallest absolute Gasteiger partial charge is 0.288 e. The first-order valence-electron chi connectivity index (χ1n) is 6.62. The quantitative estimate of drug-likeness (QED) is 0.800. The maximum absolute atomic E-state index is 12.2. The molecule has 22 heavy (non-hydrogen) atoms. The van der Waals surface area contributed by atoms with Gasteiger partial charge >= 0.3 is 0 Å². The standard InChI is InChI=1S/C16H15F2NO2S/c1-11(21-13-5-3-2-4-6-13)15(20)19-12-7-9-14(10-8-12)22-16(17)18/h2-11,16H,1H3,(H,19,20). The van der Waals surface area contributed by atoms with Gasteiger partial charge in [-0.25, -0.2) is 0 Å². The van der Waals surface area contributed by atoms with Gasteiger partial charge in [0.15, 0.2) is 6.10 Å². The van der Waals surface area contributed by atoms with E-state index in [1.807, 2.05) is 18.2 Å². The molecule has 0 aromatic heterocycles. The van der Waals surface area contributed by atoms with Gasteiger partial charge < -0.3 is 10.1 Å². The van der Waals surface area contributed by atoms with Crippen molar-refractivity contribution in [2.24, 2.45) is 0 Å². The van der Waals surface area contributed by atoms with E-state index < -0.39 is 11.9 Å². The highest BCUT2D eigenvalue weighted by Crippen LogP contribution is 2.26. The molecule has 0 saturated carbocycles. The third-order valence-electron chi connectivity index (χ3n) is 2.77. The van der Waals surface area contributed by atoms with Crippen molar-refractivity contribution in [3.05, 3.63) is 54.6 Å². The number of alkyl halides is 2. The number of hydrogen-bond donors (Lipinski definition) is 1. The van der Waals surface area contributed by atoms with Gasteiger partial charge in [0.2, 0.25) is 0 Å². The Bertz CT molecular complexity index is 605. The van der Waals surface area contributed by atoms with Crippen LogP contribution in [0.15, 0.2) is 59.5 Å². The molecule has 2 aromatic rings. The molecule has 1 atom stereocenters. The van der Waals surface area contributed by atoms with E-state index in [0.29, 0.717) is 28.1 Å². The molecule has 1 N–H and O–H groups in total. The van der Waals surface area contributed by atoms with Crippen molar-refractivity contribution < 1.29 is 18.3 Å². The first-order valence-corrected chi connectivity index (χ1v) is 7.50. The number of benzene rings is 2. The summed E-state index contributed by atoms with van der Waals surface area (Å²) in [5.41, 5.74) is 0.534. The molecule has 1 amide bonds. The van der Waals surface area contributed by atoms with Crippen LogP contribution < -0.4 is 10.1 Å². The van der Waals surface area contributed by atoms with Crippen molar-refractivity contribution in [2.75, 3.05) is 5.32 Å². The van der Waals surface area contributed by atoms with Crippen LogP contribution in [0.1, 0.15) is 6.92 Å². The molecule has 0 saturated heterocycles. The Balaban J connectivity index is 1.90. The van der Waals surface area contributed by atoms with Gasteiger partial charge in [0.1, 0.15) is 5.75 Å². The average molecular weight is 323 g/mol. The molecule has 0 fully saturated rings. The lowest BCUT2D eigenvalue weighted by molar-refractivity contribution is -0.122. The van der Waals surface area contributed by atoms with Crippen molar-refractivity contribution in [1.82, 2.24) is 0 Å². The highest BCUT2D eigenvalue weighted by atomic mass is 32.2. The van der Waals surface area contributed by atoms with Gasteiger partial charge in [-0.1, -0.05) is 30.0 Å². The maximum atomic E-state index is 12.2. The number of amides is 1. The molecule has 0 aliphatic rings. The molecule has 0 bridgehead atoms. The molecule has 116 valence electrons. The second-order valence-electron chi connectivity index (χ2n) is 4.47. The largest absolute Gasteiger partial charge is 0.481 e. The van der Waals surface area contributed by atoms with E-state index in [-0.39, 0.29) is 5.91 Å². The topological polar surface area (TPSA) is 38.3 Å². The van der Waals surface area contributed by atoms with Crippen molar-refractivity contribution in [1.29, 1.82) is 0 Å². The fraction of sp³-hybridized carbons (Fsp3) is 0.188. The van der Waals surface area contributed by atoms with Crippen LogP contribution in [0, 0.1) is 0 Å².